The number of halogens is 3. The van der Waals surface area contributed by atoms with Gasteiger partial charge in [-0.1, -0.05) is 54.6 Å². The van der Waals surface area contributed by atoms with Crippen molar-refractivity contribution in [1.29, 1.82) is 0 Å². The van der Waals surface area contributed by atoms with Crippen LogP contribution >= 0.6 is 0 Å². The fraction of sp³-hybridized carbons (Fsp3) is 0.161. The highest BCUT2D eigenvalue weighted by atomic mass is 19.4. The van der Waals surface area contributed by atoms with Gasteiger partial charge in [0.15, 0.2) is 6.04 Å². The highest BCUT2D eigenvalue weighted by Gasteiger charge is 2.42. The van der Waals surface area contributed by atoms with E-state index in [0.29, 0.717) is 28.0 Å². The van der Waals surface area contributed by atoms with E-state index in [1.54, 1.807) is 66.7 Å². The molecular weight excluding hydrogens is 521 g/mol. The van der Waals surface area contributed by atoms with Crippen LogP contribution < -0.4 is 15.8 Å². The lowest BCUT2D eigenvalue weighted by Crippen LogP contribution is -2.38. The van der Waals surface area contributed by atoms with E-state index >= 15 is 0 Å². The maximum atomic E-state index is 14.4. The largest absolute Gasteiger partial charge is 0.489 e. The maximum Gasteiger partial charge on any atom is 0.412 e. The minimum atomic E-state index is -4.80. The monoisotopic (exact) mass is 548 g/mol. The van der Waals surface area contributed by atoms with E-state index in [1.807, 2.05) is 6.07 Å². The van der Waals surface area contributed by atoms with E-state index in [1.165, 1.54) is 24.3 Å². The molecule has 0 aliphatic carbocycles. The summed E-state index contributed by atoms with van der Waals surface area (Å²) in [4.78, 5) is 24.0. The molecule has 0 bridgehead atoms. The Balaban J connectivity index is 1.74. The average molecular weight is 549 g/mol. The predicted molar refractivity (Wildman–Crippen MR) is 145 cm³/mol. The summed E-state index contributed by atoms with van der Waals surface area (Å²) < 4.78 is 49.0. The van der Waals surface area contributed by atoms with Crippen molar-refractivity contribution in [3.63, 3.8) is 0 Å². The molecule has 0 radical (unpaired) electrons. The number of hydrogen-bond acceptors (Lipinski definition) is 4. The molecule has 9 heteroatoms. The SMILES string of the molecule is NCc1cccc(-c2cc(COc3ccccc3CC(=O)O)cc(C(NC(=O)c3ccccc3)C(F)(F)F)c2)c1. The standard InChI is InChI=1S/C31H27F3N2O4/c32-31(33,34)29(36-30(39)22-8-2-1-3-9-22)26-15-21(14-25(16-26)23-11-6-7-20(13-23)18-35)19-40-27-12-5-4-10-24(27)17-28(37)38/h1-16,29H,17-19,35H2,(H,36,39)(H,37,38). The Morgan fingerprint density at radius 3 is 2.25 bits per heavy atom. The Bertz CT molecular complexity index is 1490. The van der Waals surface area contributed by atoms with Crippen molar-refractivity contribution >= 4 is 11.9 Å². The van der Waals surface area contributed by atoms with Gasteiger partial charge in [-0.2, -0.15) is 13.2 Å². The second kappa shape index (κ2) is 12.5. The number of aliphatic carboxylic acids is 1. The number of hydrogen-bond donors (Lipinski definition) is 3. The van der Waals surface area contributed by atoms with Gasteiger partial charge >= 0.3 is 12.1 Å². The molecule has 4 N–H and O–H groups in total. The number of alkyl halides is 3. The van der Waals surface area contributed by atoms with Gasteiger partial charge in [0, 0.05) is 17.7 Å². The summed E-state index contributed by atoms with van der Waals surface area (Å²) in [5.74, 6) is -1.59. The van der Waals surface area contributed by atoms with Crippen LogP contribution in [0.1, 0.15) is 38.7 Å². The molecular formula is C31H27F3N2O4. The number of carbonyl (C=O) groups excluding carboxylic acids is 1. The maximum absolute atomic E-state index is 14.4. The van der Waals surface area contributed by atoms with E-state index in [4.69, 9.17) is 10.5 Å². The van der Waals surface area contributed by atoms with Gasteiger partial charge in [0.25, 0.3) is 5.91 Å². The Kier molecular flexibility index (Phi) is 8.86. The van der Waals surface area contributed by atoms with Gasteiger partial charge in [0.05, 0.1) is 6.42 Å². The van der Waals surface area contributed by atoms with Crippen molar-refractivity contribution < 1.29 is 32.6 Å². The van der Waals surface area contributed by atoms with Crippen molar-refractivity contribution in [3.05, 3.63) is 125 Å². The highest BCUT2D eigenvalue weighted by Crippen LogP contribution is 2.36. The number of ether oxygens (including phenoxy) is 1. The number of nitrogens with one attached hydrogen (secondary N) is 1. The number of carbonyl (C=O) groups is 2. The van der Waals surface area contributed by atoms with Crippen molar-refractivity contribution in [3.8, 4) is 16.9 Å². The van der Waals surface area contributed by atoms with Crippen LogP contribution in [0, 0.1) is 0 Å². The zero-order valence-electron chi connectivity index (χ0n) is 21.3. The van der Waals surface area contributed by atoms with Gasteiger partial charge in [-0.15, -0.1) is 0 Å². The molecule has 4 aromatic carbocycles. The molecule has 0 saturated carbocycles. The lowest BCUT2D eigenvalue weighted by molar-refractivity contribution is -0.155. The van der Waals surface area contributed by atoms with Crippen LogP contribution in [0.2, 0.25) is 0 Å². The Morgan fingerprint density at radius 2 is 1.55 bits per heavy atom. The fourth-order valence-corrected chi connectivity index (χ4v) is 4.29. The van der Waals surface area contributed by atoms with E-state index in [0.717, 1.165) is 5.56 Å². The third-order valence-corrected chi connectivity index (χ3v) is 6.19. The topological polar surface area (TPSA) is 102 Å². The van der Waals surface area contributed by atoms with Gasteiger partial charge in [-0.25, -0.2) is 0 Å². The first kappa shape index (κ1) is 28.4. The van der Waals surface area contributed by atoms with Crippen molar-refractivity contribution in [1.82, 2.24) is 5.32 Å². The minimum Gasteiger partial charge on any atom is -0.489 e. The van der Waals surface area contributed by atoms with Crippen LogP contribution in [0.25, 0.3) is 11.1 Å². The number of amides is 1. The number of rotatable bonds is 10. The summed E-state index contributed by atoms with van der Waals surface area (Å²) in [7, 11) is 0. The van der Waals surface area contributed by atoms with Crippen LogP contribution in [-0.4, -0.2) is 23.2 Å². The Hall–Kier alpha value is -4.63. The minimum absolute atomic E-state index is 0.0992. The molecule has 0 fully saturated rings. The summed E-state index contributed by atoms with van der Waals surface area (Å²) in [6.45, 7) is 0.118. The van der Waals surface area contributed by atoms with Crippen molar-refractivity contribution in [2.75, 3.05) is 0 Å². The average Bonchev–Trinajstić information content (AvgIpc) is 2.94. The Morgan fingerprint density at radius 1 is 0.850 bits per heavy atom. The molecule has 0 aliphatic rings. The summed E-state index contributed by atoms with van der Waals surface area (Å²) in [5.41, 5.74) is 8.46. The van der Waals surface area contributed by atoms with Crippen molar-refractivity contribution in [2.24, 2.45) is 5.73 Å². The molecule has 0 aliphatic heterocycles. The summed E-state index contributed by atoms with van der Waals surface area (Å²) >= 11 is 0. The third-order valence-electron chi connectivity index (χ3n) is 6.19. The first-order valence-electron chi connectivity index (χ1n) is 12.4. The number of benzene rings is 4. The second-order valence-electron chi connectivity index (χ2n) is 9.15. The van der Waals surface area contributed by atoms with Gasteiger partial charge in [0.1, 0.15) is 12.4 Å². The number of para-hydroxylation sites is 1. The Labute approximate surface area is 229 Å². The van der Waals surface area contributed by atoms with Gasteiger partial charge < -0.3 is 20.9 Å². The molecule has 1 unspecified atom stereocenters. The second-order valence-corrected chi connectivity index (χ2v) is 9.15. The first-order chi connectivity index (χ1) is 19.1. The lowest BCUT2D eigenvalue weighted by atomic mass is 9.95. The predicted octanol–water partition coefficient (Wildman–Crippen LogP) is 6.05. The van der Waals surface area contributed by atoms with E-state index in [-0.39, 0.29) is 30.7 Å². The zero-order valence-corrected chi connectivity index (χ0v) is 21.3. The quantitative estimate of drug-likeness (QED) is 0.224. The molecule has 0 heterocycles. The van der Waals surface area contributed by atoms with Crippen LogP contribution in [0.15, 0.2) is 97.1 Å². The van der Waals surface area contributed by atoms with E-state index in [9.17, 15) is 27.9 Å². The molecule has 1 amide bonds. The summed E-state index contributed by atoms with van der Waals surface area (Å²) in [6.07, 6.45) is -5.07. The van der Waals surface area contributed by atoms with Crippen LogP contribution in [0.5, 0.6) is 5.75 Å². The number of carboxylic acid groups (broad SMARTS) is 1. The molecule has 4 rings (SSSR count). The van der Waals surface area contributed by atoms with Crippen molar-refractivity contribution in [2.45, 2.75) is 31.8 Å². The lowest BCUT2D eigenvalue weighted by Gasteiger charge is -2.24. The zero-order chi connectivity index (χ0) is 28.7. The third kappa shape index (κ3) is 7.27. The molecule has 0 spiro atoms. The molecule has 4 aromatic rings. The highest BCUT2D eigenvalue weighted by molar-refractivity contribution is 5.94. The number of carboxylic acids is 1. The summed E-state index contributed by atoms with van der Waals surface area (Å²) in [6, 6.07) is 23.5. The molecule has 6 nitrogen and oxygen atoms in total. The van der Waals surface area contributed by atoms with Gasteiger partial charge in [-0.3, -0.25) is 9.59 Å². The van der Waals surface area contributed by atoms with Crippen LogP contribution in [-0.2, 0) is 24.4 Å². The molecule has 0 aromatic heterocycles. The molecule has 40 heavy (non-hydrogen) atoms. The smallest absolute Gasteiger partial charge is 0.412 e. The van der Waals surface area contributed by atoms with E-state index in [2.05, 4.69) is 5.32 Å². The van der Waals surface area contributed by atoms with Gasteiger partial charge in [-0.05, 0) is 70.3 Å². The van der Waals surface area contributed by atoms with E-state index < -0.39 is 24.1 Å². The number of nitrogens with two attached hydrogens (primary N) is 1. The molecule has 206 valence electrons. The molecule has 0 saturated heterocycles. The van der Waals surface area contributed by atoms with Crippen LogP contribution in [0.3, 0.4) is 0 Å². The normalized spacial score (nSPS) is 12.0. The molecule has 1 atom stereocenters. The van der Waals surface area contributed by atoms with Gasteiger partial charge in [0.2, 0.25) is 0 Å². The first-order valence-corrected chi connectivity index (χ1v) is 12.4. The van der Waals surface area contributed by atoms with Crippen LogP contribution in [0.4, 0.5) is 13.2 Å². The summed E-state index contributed by atoms with van der Waals surface area (Å²) in [5, 5.41) is 11.3. The fourth-order valence-electron chi connectivity index (χ4n) is 4.29.